The second-order valence-corrected chi connectivity index (χ2v) is 6.09. The van der Waals surface area contributed by atoms with Crippen LogP contribution in [0, 0.1) is 0 Å². The van der Waals surface area contributed by atoms with Crippen molar-refractivity contribution in [3.05, 3.63) is 66.0 Å². The van der Waals surface area contributed by atoms with Gasteiger partial charge in [0.2, 0.25) is 5.91 Å². The first-order valence-corrected chi connectivity index (χ1v) is 8.79. The number of anilines is 1. The van der Waals surface area contributed by atoms with E-state index in [2.05, 4.69) is 10.4 Å². The van der Waals surface area contributed by atoms with Crippen LogP contribution in [0.25, 0.3) is 5.69 Å². The van der Waals surface area contributed by atoms with Gasteiger partial charge >= 0.3 is 5.97 Å². The summed E-state index contributed by atoms with van der Waals surface area (Å²) in [5.41, 5.74) is 2.17. The number of carbonyl (C=O) groups excluding carboxylic acids is 2. The molecule has 1 N–H and O–H groups in total. The van der Waals surface area contributed by atoms with Gasteiger partial charge in [0.05, 0.1) is 44.7 Å². The number of hydrogen-bond donors (Lipinski definition) is 1. The molecule has 0 saturated carbocycles. The lowest BCUT2D eigenvalue weighted by Crippen LogP contribution is -2.17. The molecule has 0 bridgehead atoms. The molecule has 8 heteroatoms. The van der Waals surface area contributed by atoms with Crippen LogP contribution in [0.4, 0.5) is 5.69 Å². The number of methoxy groups -OCH3 is 3. The van der Waals surface area contributed by atoms with E-state index < -0.39 is 5.97 Å². The average molecular weight is 395 g/mol. The number of nitrogens with zero attached hydrogens (tertiary/aromatic N) is 2. The van der Waals surface area contributed by atoms with Gasteiger partial charge in [0.1, 0.15) is 0 Å². The minimum atomic E-state index is -0.593. The zero-order valence-corrected chi connectivity index (χ0v) is 16.3. The van der Waals surface area contributed by atoms with E-state index in [-0.39, 0.29) is 23.6 Å². The quantitative estimate of drug-likeness (QED) is 0.619. The van der Waals surface area contributed by atoms with Crippen LogP contribution in [0.2, 0.25) is 0 Å². The van der Waals surface area contributed by atoms with Gasteiger partial charge in [0, 0.05) is 24.5 Å². The van der Waals surface area contributed by atoms with Gasteiger partial charge in [0.25, 0.3) is 0 Å². The lowest BCUT2D eigenvalue weighted by molar-refractivity contribution is -0.115. The van der Waals surface area contributed by atoms with Gasteiger partial charge < -0.3 is 19.5 Å². The van der Waals surface area contributed by atoms with Crippen LogP contribution in [0.1, 0.15) is 15.9 Å². The van der Waals surface area contributed by atoms with Crippen LogP contribution in [0.5, 0.6) is 11.5 Å². The van der Waals surface area contributed by atoms with Gasteiger partial charge in [0.15, 0.2) is 11.5 Å². The monoisotopic (exact) mass is 395 g/mol. The molecule has 150 valence electrons. The Balaban J connectivity index is 1.78. The maximum Gasteiger partial charge on any atom is 0.340 e. The molecule has 0 radical (unpaired) electrons. The molecule has 0 saturated heterocycles. The third-order valence-electron chi connectivity index (χ3n) is 4.27. The van der Waals surface area contributed by atoms with Gasteiger partial charge in [-0.25, -0.2) is 9.48 Å². The smallest absolute Gasteiger partial charge is 0.340 e. The fourth-order valence-corrected chi connectivity index (χ4v) is 2.83. The molecule has 2 aromatic carbocycles. The van der Waals surface area contributed by atoms with Crippen molar-refractivity contribution in [1.29, 1.82) is 0 Å². The van der Waals surface area contributed by atoms with Crippen LogP contribution in [-0.2, 0) is 16.0 Å². The van der Waals surface area contributed by atoms with Gasteiger partial charge in [-0.15, -0.1) is 0 Å². The number of ether oxygens (including phenoxy) is 3. The van der Waals surface area contributed by atoms with E-state index in [0.29, 0.717) is 11.5 Å². The Morgan fingerprint density at radius 2 is 1.72 bits per heavy atom. The van der Waals surface area contributed by atoms with Crippen molar-refractivity contribution in [2.45, 2.75) is 6.42 Å². The topological polar surface area (TPSA) is 91.7 Å². The first kappa shape index (κ1) is 19.9. The largest absolute Gasteiger partial charge is 0.493 e. The maximum absolute atomic E-state index is 12.6. The van der Waals surface area contributed by atoms with Crippen molar-refractivity contribution in [2.75, 3.05) is 26.6 Å². The van der Waals surface area contributed by atoms with Crippen LogP contribution in [-0.4, -0.2) is 43.0 Å². The molecule has 3 rings (SSSR count). The summed E-state index contributed by atoms with van der Waals surface area (Å²) in [7, 11) is 4.21. The first-order valence-electron chi connectivity index (χ1n) is 8.79. The molecule has 8 nitrogen and oxygen atoms in total. The van der Waals surface area contributed by atoms with E-state index in [1.807, 2.05) is 36.5 Å². The third-order valence-corrected chi connectivity index (χ3v) is 4.27. The van der Waals surface area contributed by atoms with E-state index in [0.717, 1.165) is 11.3 Å². The molecule has 0 aliphatic rings. The molecular weight excluding hydrogens is 374 g/mol. The predicted octanol–water partition coefficient (Wildman–Crippen LogP) is 2.86. The number of carbonyl (C=O) groups is 2. The summed E-state index contributed by atoms with van der Waals surface area (Å²) in [6.07, 6.45) is 3.67. The van der Waals surface area contributed by atoms with Gasteiger partial charge in [-0.2, -0.15) is 5.10 Å². The molecule has 0 fully saturated rings. The maximum atomic E-state index is 12.6. The first-order chi connectivity index (χ1) is 14.0. The Kier molecular flexibility index (Phi) is 6.13. The number of benzene rings is 2. The zero-order chi connectivity index (χ0) is 20.8. The lowest BCUT2D eigenvalue weighted by Gasteiger charge is -2.14. The minimum absolute atomic E-state index is 0.133. The molecule has 0 aliphatic carbocycles. The van der Waals surface area contributed by atoms with Crippen molar-refractivity contribution >= 4 is 17.6 Å². The fraction of sp³-hybridized carbons (Fsp3) is 0.190. The summed E-state index contributed by atoms with van der Waals surface area (Å²) >= 11 is 0. The Bertz CT molecular complexity index is 998. The van der Waals surface area contributed by atoms with Crippen LogP contribution >= 0.6 is 0 Å². The number of esters is 1. The number of nitrogens with one attached hydrogen (secondary N) is 1. The summed E-state index contributed by atoms with van der Waals surface area (Å²) in [4.78, 5) is 24.7. The molecule has 29 heavy (non-hydrogen) atoms. The molecule has 0 unspecified atom stereocenters. The van der Waals surface area contributed by atoms with Gasteiger partial charge in [-0.1, -0.05) is 12.1 Å². The summed E-state index contributed by atoms with van der Waals surface area (Å²) < 4.78 is 17.0. The summed E-state index contributed by atoms with van der Waals surface area (Å²) in [5.74, 6) is -0.127. The van der Waals surface area contributed by atoms with E-state index in [4.69, 9.17) is 14.2 Å². The van der Waals surface area contributed by atoms with E-state index in [1.54, 1.807) is 10.9 Å². The Morgan fingerprint density at radius 3 is 2.31 bits per heavy atom. The minimum Gasteiger partial charge on any atom is -0.493 e. The van der Waals surface area contributed by atoms with Gasteiger partial charge in [-0.3, -0.25) is 4.79 Å². The molecule has 1 heterocycles. The highest BCUT2D eigenvalue weighted by Crippen LogP contribution is 2.33. The number of rotatable bonds is 7. The van der Waals surface area contributed by atoms with Gasteiger partial charge in [-0.05, 0) is 23.8 Å². The number of hydrogen-bond acceptors (Lipinski definition) is 6. The molecule has 0 spiro atoms. The van der Waals surface area contributed by atoms with Crippen molar-refractivity contribution in [3.8, 4) is 17.2 Å². The third kappa shape index (κ3) is 4.55. The highest BCUT2D eigenvalue weighted by atomic mass is 16.5. The van der Waals surface area contributed by atoms with Crippen molar-refractivity contribution < 1.29 is 23.8 Å². The number of aromatic nitrogens is 2. The molecule has 3 aromatic rings. The normalized spacial score (nSPS) is 10.3. The highest BCUT2D eigenvalue weighted by molar-refractivity contribution is 6.02. The van der Waals surface area contributed by atoms with E-state index in [1.165, 1.54) is 33.5 Å². The van der Waals surface area contributed by atoms with Crippen molar-refractivity contribution in [2.24, 2.45) is 0 Å². The standard InChI is InChI=1S/C21H21N3O5/c1-27-18-12-16(21(26)29-3)17(13-19(18)28-2)23-20(25)11-14-5-7-15(8-6-14)24-10-4-9-22-24/h4-10,12-13H,11H2,1-3H3,(H,23,25). The number of amides is 1. The summed E-state index contributed by atoms with van der Waals surface area (Å²) in [5, 5.41) is 6.92. The van der Waals surface area contributed by atoms with Crippen LogP contribution in [0.3, 0.4) is 0 Å². The average Bonchev–Trinajstić information content (AvgIpc) is 3.28. The van der Waals surface area contributed by atoms with Crippen molar-refractivity contribution in [1.82, 2.24) is 9.78 Å². The molecule has 0 atom stereocenters. The fourth-order valence-electron chi connectivity index (χ4n) is 2.83. The molecule has 1 aromatic heterocycles. The van der Waals surface area contributed by atoms with Crippen molar-refractivity contribution in [3.63, 3.8) is 0 Å². The Labute approximate surface area is 168 Å². The molecule has 1 amide bonds. The summed E-state index contributed by atoms with van der Waals surface area (Å²) in [6.45, 7) is 0. The Morgan fingerprint density at radius 1 is 1.03 bits per heavy atom. The zero-order valence-electron chi connectivity index (χ0n) is 16.3. The van der Waals surface area contributed by atoms with Crippen LogP contribution < -0.4 is 14.8 Å². The van der Waals surface area contributed by atoms with E-state index >= 15 is 0 Å². The second kappa shape index (κ2) is 8.92. The van der Waals surface area contributed by atoms with Crippen LogP contribution in [0.15, 0.2) is 54.9 Å². The Hall–Kier alpha value is -3.81. The lowest BCUT2D eigenvalue weighted by atomic mass is 10.1. The predicted molar refractivity (Wildman–Crippen MR) is 107 cm³/mol. The molecular formula is C21H21N3O5. The SMILES string of the molecule is COC(=O)c1cc(OC)c(OC)cc1NC(=O)Cc1ccc(-n2cccn2)cc1. The highest BCUT2D eigenvalue weighted by Gasteiger charge is 2.19. The van der Waals surface area contributed by atoms with E-state index in [9.17, 15) is 9.59 Å². The molecule has 0 aliphatic heterocycles. The summed E-state index contributed by atoms with van der Waals surface area (Å²) in [6, 6.07) is 12.3. The second-order valence-electron chi connectivity index (χ2n) is 6.09.